The van der Waals surface area contributed by atoms with Crippen molar-refractivity contribution in [2.45, 2.75) is 37.2 Å². The standard InChI is InChI=1S/C19H22O2/c1-21-17-10-7-15(8-11-17)9-12-18(20)19(13-14-19)16-5-3-2-4-6-16/h2-8,10-11,18,20H,9,12-14H2,1H3. The molecule has 0 saturated heterocycles. The van der Waals surface area contributed by atoms with Gasteiger partial charge < -0.3 is 9.84 Å². The first-order valence-electron chi connectivity index (χ1n) is 7.61. The van der Waals surface area contributed by atoms with Crippen LogP contribution in [-0.4, -0.2) is 18.3 Å². The Morgan fingerprint density at radius 2 is 1.71 bits per heavy atom. The molecule has 21 heavy (non-hydrogen) atoms. The van der Waals surface area contributed by atoms with Gasteiger partial charge in [0.2, 0.25) is 0 Å². The second kappa shape index (κ2) is 5.90. The van der Waals surface area contributed by atoms with Crippen molar-refractivity contribution in [3.63, 3.8) is 0 Å². The summed E-state index contributed by atoms with van der Waals surface area (Å²) in [4.78, 5) is 0. The van der Waals surface area contributed by atoms with Gasteiger partial charge in [-0.15, -0.1) is 0 Å². The molecule has 0 amide bonds. The largest absolute Gasteiger partial charge is 0.497 e. The quantitative estimate of drug-likeness (QED) is 0.875. The lowest BCUT2D eigenvalue weighted by Crippen LogP contribution is -2.26. The zero-order valence-electron chi connectivity index (χ0n) is 12.5. The summed E-state index contributed by atoms with van der Waals surface area (Å²) in [7, 11) is 1.68. The summed E-state index contributed by atoms with van der Waals surface area (Å²) in [5.41, 5.74) is 2.54. The third-order valence-electron chi connectivity index (χ3n) is 4.64. The number of benzene rings is 2. The first-order chi connectivity index (χ1) is 10.2. The highest BCUT2D eigenvalue weighted by molar-refractivity contribution is 5.33. The molecule has 3 rings (SSSR count). The Labute approximate surface area is 126 Å². The molecule has 1 aliphatic rings. The average Bonchev–Trinajstić information content (AvgIpc) is 3.36. The molecule has 0 radical (unpaired) electrons. The topological polar surface area (TPSA) is 29.5 Å². The Hall–Kier alpha value is -1.80. The molecule has 0 spiro atoms. The van der Waals surface area contributed by atoms with Crippen LogP contribution in [0, 0.1) is 0 Å². The summed E-state index contributed by atoms with van der Waals surface area (Å²) in [5.74, 6) is 0.877. The van der Waals surface area contributed by atoms with Crippen molar-refractivity contribution in [1.29, 1.82) is 0 Å². The van der Waals surface area contributed by atoms with Gasteiger partial charge >= 0.3 is 0 Å². The van der Waals surface area contributed by atoms with Gasteiger partial charge in [-0.05, 0) is 48.9 Å². The highest BCUT2D eigenvalue weighted by Crippen LogP contribution is 2.51. The first kappa shape index (κ1) is 14.2. The fraction of sp³-hybridized carbons (Fsp3) is 0.368. The predicted octanol–water partition coefficient (Wildman–Crippen LogP) is 3.72. The Morgan fingerprint density at radius 1 is 1.05 bits per heavy atom. The number of aliphatic hydroxyl groups excluding tert-OH is 1. The number of hydrogen-bond acceptors (Lipinski definition) is 2. The van der Waals surface area contributed by atoms with Gasteiger partial charge in [-0.3, -0.25) is 0 Å². The molecule has 2 heteroatoms. The van der Waals surface area contributed by atoms with E-state index in [-0.39, 0.29) is 11.5 Å². The Bertz CT molecular complexity index is 570. The highest BCUT2D eigenvalue weighted by atomic mass is 16.5. The van der Waals surface area contributed by atoms with E-state index >= 15 is 0 Å². The normalized spacial score (nSPS) is 17.2. The van der Waals surface area contributed by atoms with Gasteiger partial charge in [0.1, 0.15) is 5.75 Å². The smallest absolute Gasteiger partial charge is 0.118 e. The lowest BCUT2D eigenvalue weighted by molar-refractivity contribution is 0.122. The van der Waals surface area contributed by atoms with Crippen molar-refractivity contribution in [1.82, 2.24) is 0 Å². The molecular weight excluding hydrogens is 260 g/mol. The maximum atomic E-state index is 10.6. The minimum atomic E-state index is -0.262. The van der Waals surface area contributed by atoms with Crippen molar-refractivity contribution < 1.29 is 9.84 Å². The molecule has 1 unspecified atom stereocenters. The molecule has 2 aromatic carbocycles. The molecule has 1 saturated carbocycles. The second-order valence-corrected chi connectivity index (χ2v) is 5.92. The van der Waals surface area contributed by atoms with Crippen molar-refractivity contribution in [2.24, 2.45) is 0 Å². The summed E-state index contributed by atoms with van der Waals surface area (Å²) in [6, 6.07) is 18.5. The molecule has 0 heterocycles. The monoisotopic (exact) mass is 282 g/mol. The molecule has 110 valence electrons. The van der Waals surface area contributed by atoms with Gasteiger partial charge in [-0.2, -0.15) is 0 Å². The molecule has 2 nitrogen and oxygen atoms in total. The Kier molecular flexibility index (Phi) is 3.98. The van der Waals surface area contributed by atoms with Crippen LogP contribution >= 0.6 is 0 Å². The molecule has 0 bridgehead atoms. The average molecular weight is 282 g/mol. The van der Waals surface area contributed by atoms with Gasteiger partial charge in [-0.1, -0.05) is 42.5 Å². The maximum Gasteiger partial charge on any atom is 0.118 e. The van der Waals surface area contributed by atoms with Crippen LogP contribution in [0.5, 0.6) is 5.75 Å². The van der Waals surface area contributed by atoms with E-state index in [4.69, 9.17) is 4.74 Å². The van der Waals surface area contributed by atoms with E-state index in [1.807, 2.05) is 18.2 Å². The van der Waals surface area contributed by atoms with E-state index < -0.39 is 0 Å². The summed E-state index contributed by atoms with van der Waals surface area (Å²) in [6.45, 7) is 0. The zero-order valence-corrected chi connectivity index (χ0v) is 12.5. The maximum absolute atomic E-state index is 10.6. The minimum absolute atomic E-state index is 0.00767. The van der Waals surface area contributed by atoms with Gasteiger partial charge in [0.15, 0.2) is 0 Å². The molecule has 0 aliphatic heterocycles. The van der Waals surface area contributed by atoms with Crippen LogP contribution in [0.15, 0.2) is 54.6 Å². The van der Waals surface area contributed by atoms with Crippen LogP contribution in [0.1, 0.15) is 30.4 Å². The lowest BCUT2D eigenvalue weighted by Gasteiger charge is -2.23. The van der Waals surface area contributed by atoms with E-state index in [1.54, 1.807) is 7.11 Å². The fourth-order valence-electron chi connectivity index (χ4n) is 3.09. The third kappa shape index (κ3) is 2.96. The first-order valence-corrected chi connectivity index (χ1v) is 7.61. The van der Waals surface area contributed by atoms with Gasteiger partial charge in [-0.25, -0.2) is 0 Å². The van der Waals surface area contributed by atoms with Gasteiger partial charge in [0, 0.05) is 5.41 Å². The third-order valence-corrected chi connectivity index (χ3v) is 4.64. The lowest BCUT2D eigenvalue weighted by atomic mass is 9.87. The predicted molar refractivity (Wildman–Crippen MR) is 84.7 cm³/mol. The number of methoxy groups -OCH3 is 1. The molecule has 0 aromatic heterocycles. The zero-order chi connectivity index (χ0) is 14.7. The Balaban J connectivity index is 1.62. The van der Waals surface area contributed by atoms with E-state index in [9.17, 15) is 5.11 Å². The minimum Gasteiger partial charge on any atom is -0.497 e. The molecule has 1 fully saturated rings. The van der Waals surface area contributed by atoms with Crippen LogP contribution in [0.3, 0.4) is 0 Å². The van der Waals surface area contributed by atoms with Crippen LogP contribution in [-0.2, 0) is 11.8 Å². The number of aliphatic hydroxyl groups is 1. The second-order valence-electron chi connectivity index (χ2n) is 5.92. The van der Waals surface area contributed by atoms with E-state index in [1.165, 1.54) is 11.1 Å². The van der Waals surface area contributed by atoms with Crippen LogP contribution < -0.4 is 4.74 Å². The van der Waals surface area contributed by atoms with E-state index in [0.29, 0.717) is 0 Å². The number of hydrogen-bond donors (Lipinski definition) is 1. The Morgan fingerprint density at radius 3 is 2.29 bits per heavy atom. The molecule has 1 atom stereocenters. The number of rotatable bonds is 6. The molecule has 2 aromatic rings. The van der Waals surface area contributed by atoms with Crippen molar-refractivity contribution in [3.8, 4) is 5.75 Å². The highest BCUT2D eigenvalue weighted by Gasteiger charge is 2.49. The summed E-state index contributed by atoms with van der Waals surface area (Å²) < 4.78 is 5.17. The summed E-state index contributed by atoms with van der Waals surface area (Å²) in [6.07, 6.45) is 3.64. The van der Waals surface area contributed by atoms with Gasteiger partial charge in [0.25, 0.3) is 0 Å². The SMILES string of the molecule is COc1ccc(CCC(O)C2(c3ccccc3)CC2)cc1. The van der Waals surface area contributed by atoms with Crippen molar-refractivity contribution in [2.75, 3.05) is 7.11 Å². The molecule has 1 N–H and O–H groups in total. The van der Waals surface area contributed by atoms with Crippen LogP contribution in [0.25, 0.3) is 0 Å². The van der Waals surface area contributed by atoms with E-state index in [0.717, 1.165) is 31.4 Å². The van der Waals surface area contributed by atoms with E-state index in [2.05, 4.69) is 36.4 Å². The fourth-order valence-corrected chi connectivity index (χ4v) is 3.09. The summed E-state index contributed by atoms with van der Waals surface area (Å²) in [5, 5.41) is 10.6. The van der Waals surface area contributed by atoms with Crippen molar-refractivity contribution >= 4 is 0 Å². The van der Waals surface area contributed by atoms with Crippen LogP contribution in [0.2, 0.25) is 0 Å². The number of ether oxygens (including phenoxy) is 1. The van der Waals surface area contributed by atoms with Crippen molar-refractivity contribution in [3.05, 3.63) is 65.7 Å². The number of aryl methyl sites for hydroxylation is 1. The van der Waals surface area contributed by atoms with Crippen LogP contribution in [0.4, 0.5) is 0 Å². The molecule has 1 aliphatic carbocycles. The molecular formula is C19H22O2. The van der Waals surface area contributed by atoms with Gasteiger partial charge in [0.05, 0.1) is 13.2 Å². The summed E-state index contributed by atoms with van der Waals surface area (Å²) >= 11 is 0.